The van der Waals surface area contributed by atoms with Gasteiger partial charge in [-0.25, -0.2) is 12.8 Å². The molecule has 124 valence electrons. The number of anilines is 1. The van der Waals surface area contributed by atoms with Crippen LogP contribution in [0.25, 0.3) is 0 Å². The van der Waals surface area contributed by atoms with Gasteiger partial charge in [-0.15, -0.1) is 0 Å². The summed E-state index contributed by atoms with van der Waals surface area (Å²) in [6, 6.07) is 9.30. The lowest BCUT2D eigenvalue weighted by Crippen LogP contribution is -2.13. The number of hydrogen-bond acceptors (Lipinski definition) is 4. The van der Waals surface area contributed by atoms with Gasteiger partial charge in [0.05, 0.1) is 22.2 Å². The van der Waals surface area contributed by atoms with E-state index in [9.17, 15) is 12.8 Å². The smallest absolute Gasteiger partial charge is 0.261 e. The number of ether oxygens (including phenoxy) is 2. The molecule has 23 heavy (non-hydrogen) atoms. The predicted octanol–water partition coefficient (Wildman–Crippen LogP) is 3.31. The molecule has 0 aliphatic heterocycles. The Morgan fingerprint density at radius 3 is 2.43 bits per heavy atom. The molecule has 0 amide bonds. The molecule has 0 fully saturated rings. The van der Waals surface area contributed by atoms with Gasteiger partial charge in [0.2, 0.25) is 0 Å². The summed E-state index contributed by atoms with van der Waals surface area (Å²) >= 11 is 5.82. The lowest BCUT2D eigenvalue weighted by Gasteiger charge is -2.10. The summed E-state index contributed by atoms with van der Waals surface area (Å²) < 4.78 is 50.1. The second-order valence-corrected chi connectivity index (χ2v) is 6.63. The number of benzene rings is 2. The Morgan fingerprint density at radius 1 is 1.13 bits per heavy atom. The summed E-state index contributed by atoms with van der Waals surface area (Å²) in [6.07, 6.45) is 0. The Labute approximate surface area is 139 Å². The largest absolute Gasteiger partial charge is 0.491 e. The number of sulfonamides is 1. The van der Waals surface area contributed by atoms with E-state index < -0.39 is 15.8 Å². The fourth-order valence-electron chi connectivity index (χ4n) is 1.73. The third-order valence-electron chi connectivity index (χ3n) is 2.87. The van der Waals surface area contributed by atoms with Crippen LogP contribution in [0.1, 0.15) is 0 Å². The summed E-state index contributed by atoms with van der Waals surface area (Å²) in [5.41, 5.74) is 0.105. The van der Waals surface area contributed by atoms with Crippen LogP contribution in [0.2, 0.25) is 5.02 Å². The molecular formula is C15H15ClFNO4S. The molecule has 0 saturated carbocycles. The molecule has 2 aromatic rings. The van der Waals surface area contributed by atoms with Crippen molar-refractivity contribution in [3.63, 3.8) is 0 Å². The second kappa shape index (κ2) is 7.63. The van der Waals surface area contributed by atoms with Crippen molar-refractivity contribution in [2.45, 2.75) is 4.90 Å². The molecule has 0 aliphatic rings. The van der Waals surface area contributed by atoms with E-state index in [0.29, 0.717) is 19.0 Å². The van der Waals surface area contributed by atoms with Crippen molar-refractivity contribution in [3.8, 4) is 5.75 Å². The first-order valence-corrected chi connectivity index (χ1v) is 8.48. The monoisotopic (exact) mass is 359 g/mol. The van der Waals surface area contributed by atoms with Crippen LogP contribution in [-0.4, -0.2) is 28.7 Å². The molecule has 8 heteroatoms. The van der Waals surface area contributed by atoms with Gasteiger partial charge in [0.1, 0.15) is 18.2 Å². The van der Waals surface area contributed by atoms with E-state index in [1.165, 1.54) is 30.3 Å². The Bertz CT molecular complexity index is 766. The number of nitrogens with one attached hydrogen (secondary N) is 1. The second-order valence-electron chi connectivity index (χ2n) is 4.54. The minimum absolute atomic E-state index is 0.0203. The van der Waals surface area contributed by atoms with Gasteiger partial charge in [0, 0.05) is 7.11 Å². The molecule has 0 heterocycles. The normalized spacial score (nSPS) is 11.3. The fraction of sp³-hybridized carbons (Fsp3) is 0.200. The van der Waals surface area contributed by atoms with E-state index in [-0.39, 0.29) is 15.6 Å². The van der Waals surface area contributed by atoms with Crippen LogP contribution in [0, 0.1) is 5.82 Å². The summed E-state index contributed by atoms with van der Waals surface area (Å²) in [6.45, 7) is 0.802. The van der Waals surface area contributed by atoms with Crippen LogP contribution in [0.3, 0.4) is 0 Å². The summed E-state index contributed by atoms with van der Waals surface area (Å²) in [5, 5.41) is -0.0203. The number of hydrogen-bond donors (Lipinski definition) is 1. The molecule has 0 unspecified atom stereocenters. The first-order chi connectivity index (χ1) is 10.9. The maximum Gasteiger partial charge on any atom is 0.261 e. The summed E-state index contributed by atoms with van der Waals surface area (Å²) in [5.74, 6) is -0.0173. The lowest BCUT2D eigenvalue weighted by atomic mass is 10.3. The Balaban J connectivity index is 2.13. The number of rotatable bonds is 7. The molecule has 2 rings (SSSR count). The van der Waals surface area contributed by atoms with Crippen molar-refractivity contribution in [1.82, 2.24) is 0 Å². The minimum atomic E-state index is -3.83. The highest BCUT2D eigenvalue weighted by Crippen LogP contribution is 2.26. The molecule has 0 saturated heterocycles. The Kier molecular flexibility index (Phi) is 5.81. The van der Waals surface area contributed by atoms with Crippen LogP contribution in [-0.2, 0) is 14.8 Å². The van der Waals surface area contributed by atoms with Gasteiger partial charge >= 0.3 is 0 Å². The third-order valence-corrected chi connectivity index (χ3v) is 4.56. The first-order valence-electron chi connectivity index (χ1n) is 6.62. The van der Waals surface area contributed by atoms with Gasteiger partial charge in [0.15, 0.2) is 0 Å². The van der Waals surface area contributed by atoms with Crippen LogP contribution >= 0.6 is 11.6 Å². The molecule has 2 aromatic carbocycles. The Hall–Kier alpha value is -1.83. The summed E-state index contributed by atoms with van der Waals surface area (Å²) in [4.78, 5) is 0.0389. The quantitative estimate of drug-likeness (QED) is 0.770. The maximum absolute atomic E-state index is 13.0. The molecule has 1 N–H and O–H groups in total. The Morgan fingerprint density at radius 2 is 1.83 bits per heavy atom. The molecule has 5 nitrogen and oxygen atoms in total. The SMILES string of the molecule is COCCOc1ccc(S(=O)(=O)Nc2ccc(F)cc2Cl)cc1. The lowest BCUT2D eigenvalue weighted by molar-refractivity contribution is 0.146. The number of methoxy groups -OCH3 is 1. The van der Waals surface area contributed by atoms with Gasteiger partial charge in [-0.2, -0.15) is 0 Å². The van der Waals surface area contributed by atoms with Gasteiger partial charge in [-0.05, 0) is 42.5 Å². The van der Waals surface area contributed by atoms with E-state index in [0.717, 1.165) is 12.1 Å². The third kappa shape index (κ3) is 4.82. The van der Waals surface area contributed by atoms with Gasteiger partial charge < -0.3 is 9.47 Å². The highest BCUT2D eigenvalue weighted by molar-refractivity contribution is 7.92. The first kappa shape index (κ1) is 17.5. The fourth-order valence-corrected chi connectivity index (χ4v) is 3.08. The zero-order valence-corrected chi connectivity index (χ0v) is 13.8. The predicted molar refractivity (Wildman–Crippen MR) is 86.0 cm³/mol. The number of halogens is 2. The van der Waals surface area contributed by atoms with Crippen LogP contribution in [0.4, 0.5) is 10.1 Å². The zero-order valence-electron chi connectivity index (χ0n) is 12.3. The topological polar surface area (TPSA) is 64.6 Å². The van der Waals surface area contributed by atoms with Gasteiger partial charge in [-0.1, -0.05) is 11.6 Å². The van der Waals surface area contributed by atoms with Crippen LogP contribution in [0.15, 0.2) is 47.4 Å². The highest BCUT2D eigenvalue weighted by Gasteiger charge is 2.16. The minimum Gasteiger partial charge on any atom is -0.491 e. The maximum atomic E-state index is 13.0. The average Bonchev–Trinajstić information content (AvgIpc) is 2.51. The molecule has 0 aliphatic carbocycles. The van der Waals surface area contributed by atoms with Crippen molar-refractivity contribution in [2.75, 3.05) is 25.0 Å². The van der Waals surface area contributed by atoms with Crippen LogP contribution < -0.4 is 9.46 Å². The molecule has 0 radical (unpaired) electrons. The van der Waals surface area contributed by atoms with E-state index >= 15 is 0 Å². The standard InChI is InChI=1S/C15H15ClFNO4S/c1-21-8-9-22-12-3-5-13(6-4-12)23(19,20)18-15-7-2-11(17)10-14(15)16/h2-7,10,18H,8-9H2,1H3. The molecule has 0 atom stereocenters. The van der Waals surface area contributed by atoms with Crippen molar-refractivity contribution in [1.29, 1.82) is 0 Å². The molecule has 0 spiro atoms. The van der Waals surface area contributed by atoms with E-state index in [2.05, 4.69) is 4.72 Å². The van der Waals surface area contributed by atoms with Crippen molar-refractivity contribution >= 4 is 27.3 Å². The molecule has 0 aromatic heterocycles. The average molecular weight is 360 g/mol. The van der Waals surface area contributed by atoms with Gasteiger partial charge in [0.25, 0.3) is 10.0 Å². The molecular weight excluding hydrogens is 345 g/mol. The van der Waals surface area contributed by atoms with E-state index in [4.69, 9.17) is 21.1 Å². The summed E-state index contributed by atoms with van der Waals surface area (Å²) in [7, 11) is -2.27. The highest BCUT2D eigenvalue weighted by atomic mass is 35.5. The van der Waals surface area contributed by atoms with Crippen molar-refractivity contribution in [3.05, 3.63) is 53.3 Å². The van der Waals surface area contributed by atoms with E-state index in [1.807, 2.05) is 0 Å². The van der Waals surface area contributed by atoms with Crippen molar-refractivity contribution < 1.29 is 22.3 Å². The molecule has 0 bridgehead atoms. The van der Waals surface area contributed by atoms with Gasteiger partial charge in [-0.3, -0.25) is 4.72 Å². The van der Waals surface area contributed by atoms with E-state index in [1.54, 1.807) is 7.11 Å². The van der Waals surface area contributed by atoms with Crippen LogP contribution in [0.5, 0.6) is 5.75 Å². The van der Waals surface area contributed by atoms with Crippen molar-refractivity contribution in [2.24, 2.45) is 0 Å². The zero-order chi connectivity index (χ0) is 16.9.